The molecule has 4 nitrogen and oxygen atoms in total. The van der Waals surface area contributed by atoms with Crippen LogP contribution in [0.25, 0.3) is 5.65 Å². The molecule has 0 unspecified atom stereocenters. The second-order valence-electron chi connectivity index (χ2n) is 2.82. The van der Waals surface area contributed by atoms with Crippen molar-refractivity contribution >= 4 is 21.6 Å². The summed E-state index contributed by atoms with van der Waals surface area (Å²) in [6, 6.07) is 0. The topological polar surface area (TPSA) is 39.3 Å². The van der Waals surface area contributed by atoms with Crippen molar-refractivity contribution in [1.82, 2.24) is 14.0 Å². The third-order valence-corrected chi connectivity index (χ3v) is 2.51. The third kappa shape index (κ3) is 1.29. The monoisotopic (exact) mass is 253 g/mol. The summed E-state index contributed by atoms with van der Waals surface area (Å²) in [6.45, 7) is 4.09. The summed E-state index contributed by atoms with van der Waals surface area (Å²) in [5.41, 5.74) is 0.305. The lowest BCUT2D eigenvalue weighted by atomic mass is 10.5. The Labute approximate surface area is 88.6 Å². The lowest BCUT2D eigenvalue weighted by Crippen LogP contribution is -2.20. The lowest BCUT2D eigenvalue weighted by Gasteiger charge is -2.01. The first kappa shape index (κ1) is 9.21. The van der Waals surface area contributed by atoms with E-state index < -0.39 is 0 Å². The minimum Gasteiger partial charge on any atom is -0.307 e. The lowest BCUT2D eigenvalue weighted by molar-refractivity contribution is 0.769. The highest BCUT2D eigenvalue weighted by molar-refractivity contribution is 9.10. The van der Waals surface area contributed by atoms with Gasteiger partial charge in [-0.1, -0.05) is 6.08 Å². The van der Waals surface area contributed by atoms with Gasteiger partial charge in [0.25, 0.3) is 5.56 Å². The van der Waals surface area contributed by atoms with Crippen LogP contribution < -0.4 is 5.56 Å². The van der Waals surface area contributed by atoms with Crippen molar-refractivity contribution in [2.24, 2.45) is 0 Å². The smallest absolute Gasteiger partial charge is 0.294 e. The van der Waals surface area contributed by atoms with Crippen molar-refractivity contribution in [2.75, 3.05) is 0 Å². The first-order valence-corrected chi connectivity index (χ1v) is 4.86. The second kappa shape index (κ2) is 3.42. The molecule has 72 valence electrons. The predicted molar refractivity (Wildman–Crippen MR) is 57.3 cm³/mol. The van der Waals surface area contributed by atoms with Crippen molar-refractivity contribution in [2.45, 2.75) is 6.54 Å². The number of hydrogen-bond donors (Lipinski definition) is 0. The fourth-order valence-electron chi connectivity index (χ4n) is 1.27. The van der Waals surface area contributed by atoms with Crippen LogP contribution in [0.3, 0.4) is 0 Å². The molecule has 2 rings (SSSR count). The SMILES string of the molecule is C=CCn1ccn2c(Br)cnc2c1=O. The molecular weight excluding hydrogens is 246 g/mol. The van der Waals surface area contributed by atoms with Gasteiger partial charge in [0.2, 0.25) is 5.65 Å². The van der Waals surface area contributed by atoms with E-state index in [1.54, 1.807) is 33.6 Å². The molecule has 0 fully saturated rings. The Bertz CT molecular complexity index is 540. The Hall–Kier alpha value is -1.36. The van der Waals surface area contributed by atoms with E-state index in [0.717, 1.165) is 4.60 Å². The van der Waals surface area contributed by atoms with Gasteiger partial charge in [-0.2, -0.15) is 0 Å². The maximum absolute atomic E-state index is 11.7. The van der Waals surface area contributed by atoms with E-state index in [9.17, 15) is 4.79 Å². The fraction of sp³-hybridized carbons (Fsp3) is 0.111. The van der Waals surface area contributed by atoms with E-state index in [2.05, 4.69) is 27.5 Å². The number of nitrogens with zero attached hydrogens (tertiary/aromatic N) is 3. The van der Waals surface area contributed by atoms with E-state index in [0.29, 0.717) is 12.2 Å². The maximum atomic E-state index is 11.7. The second-order valence-corrected chi connectivity index (χ2v) is 3.63. The molecule has 0 radical (unpaired) electrons. The molecule has 0 amide bonds. The van der Waals surface area contributed by atoms with Crippen molar-refractivity contribution < 1.29 is 0 Å². The first-order valence-electron chi connectivity index (χ1n) is 4.07. The Balaban J connectivity index is 2.76. The Morgan fingerprint density at radius 1 is 1.57 bits per heavy atom. The van der Waals surface area contributed by atoms with Crippen LogP contribution in [0.4, 0.5) is 0 Å². The highest BCUT2D eigenvalue weighted by atomic mass is 79.9. The third-order valence-electron chi connectivity index (χ3n) is 1.93. The standard InChI is InChI=1S/C9H8BrN3O/c1-2-3-12-4-5-13-7(10)6-11-8(13)9(12)14/h2,4-6H,1,3H2. The number of rotatable bonds is 2. The van der Waals surface area contributed by atoms with E-state index in [-0.39, 0.29) is 5.56 Å². The van der Waals surface area contributed by atoms with Gasteiger partial charge in [-0.15, -0.1) is 6.58 Å². The summed E-state index contributed by atoms with van der Waals surface area (Å²) in [7, 11) is 0. The summed E-state index contributed by atoms with van der Waals surface area (Å²) in [5.74, 6) is 0. The molecule has 0 aromatic carbocycles. The van der Waals surface area contributed by atoms with Crippen LogP contribution in [0, 0.1) is 0 Å². The largest absolute Gasteiger partial charge is 0.307 e. The molecule has 2 aromatic heterocycles. The molecule has 0 atom stereocenters. The number of halogens is 1. The minimum atomic E-state index is -0.113. The van der Waals surface area contributed by atoms with Crippen LogP contribution in [0.2, 0.25) is 0 Å². The fourth-order valence-corrected chi connectivity index (χ4v) is 1.65. The summed E-state index contributed by atoms with van der Waals surface area (Å²) in [4.78, 5) is 15.8. The molecule has 0 aliphatic heterocycles. The summed E-state index contributed by atoms with van der Waals surface area (Å²) in [6.07, 6.45) is 6.78. The Kier molecular flexibility index (Phi) is 2.25. The van der Waals surface area contributed by atoms with Crippen LogP contribution in [0.1, 0.15) is 0 Å². The zero-order valence-corrected chi connectivity index (χ0v) is 8.94. The van der Waals surface area contributed by atoms with E-state index in [4.69, 9.17) is 0 Å². The quantitative estimate of drug-likeness (QED) is 0.761. The van der Waals surface area contributed by atoms with Crippen molar-refractivity contribution in [3.05, 3.63) is 46.2 Å². The van der Waals surface area contributed by atoms with Crippen LogP contribution >= 0.6 is 15.9 Å². The van der Waals surface area contributed by atoms with Gasteiger partial charge in [-0.05, 0) is 15.9 Å². The molecule has 0 aliphatic carbocycles. The predicted octanol–water partition coefficient (Wildman–Crippen LogP) is 1.44. The van der Waals surface area contributed by atoms with Crippen LogP contribution in [-0.4, -0.2) is 14.0 Å². The Morgan fingerprint density at radius 3 is 3.07 bits per heavy atom. The molecule has 0 spiro atoms. The zero-order chi connectivity index (χ0) is 10.1. The number of allylic oxidation sites excluding steroid dienone is 1. The molecule has 0 aliphatic rings. The van der Waals surface area contributed by atoms with Gasteiger partial charge in [0.1, 0.15) is 4.60 Å². The van der Waals surface area contributed by atoms with Crippen molar-refractivity contribution in [1.29, 1.82) is 0 Å². The van der Waals surface area contributed by atoms with Crippen molar-refractivity contribution in [3.63, 3.8) is 0 Å². The van der Waals surface area contributed by atoms with E-state index >= 15 is 0 Å². The Morgan fingerprint density at radius 2 is 2.36 bits per heavy atom. The van der Waals surface area contributed by atoms with E-state index in [1.165, 1.54) is 0 Å². The molecule has 0 saturated heterocycles. The van der Waals surface area contributed by atoms with Crippen molar-refractivity contribution in [3.8, 4) is 0 Å². The molecule has 14 heavy (non-hydrogen) atoms. The van der Waals surface area contributed by atoms with Crippen LogP contribution in [0.15, 0.2) is 40.6 Å². The van der Waals surface area contributed by atoms with Gasteiger partial charge in [-0.25, -0.2) is 4.98 Å². The average Bonchev–Trinajstić information content (AvgIpc) is 2.54. The van der Waals surface area contributed by atoms with Gasteiger partial charge < -0.3 is 4.57 Å². The molecule has 2 heterocycles. The molecule has 2 aromatic rings. The summed E-state index contributed by atoms with van der Waals surface area (Å²) in [5, 5.41) is 0. The van der Waals surface area contributed by atoms with Gasteiger partial charge in [0.15, 0.2) is 0 Å². The number of imidazole rings is 1. The maximum Gasteiger partial charge on any atom is 0.294 e. The van der Waals surface area contributed by atoms with Gasteiger partial charge in [-0.3, -0.25) is 9.20 Å². The van der Waals surface area contributed by atoms with E-state index in [1.807, 2.05) is 0 Å². The average molecular weight is 254 g/mol. The minimum absolute atomic E-state index is 0.113. The van der Waals surface area contributed by atoms with Crippen LogP contribution in [0.5, 0.6) is 0 Å². The number of hydrogen-bond acceptors (Lipinski definition) is 2. The summed E-state index contributed by atoms with van der Waals surface area (Å²) < 4.78 is 4.03. The molecule has 0 bridgehead atoms. The zero-order valence-electron chi connectivity index (χ0n) is 7.35. The van der Waals surface area contributed by atoms with Gasteiger partial charge >= 0.3 is 0 Å². The summed E-state index contributed by atoms with van der Waals surface area (Å²) >= 11 is 3.30. The molecule has 0 saturated carbocycles. The number of fused-ring (bicyclic) bond motifs is 1. The van der Waals surface area contributed by atoms with Crippen LogP contribution in [-0.2, 0) is 6.54 Å². The normalized spacial score (nSPS) is 10.6. The first-order chi connectivity index (χ1) is 6.74. The molecule has 5 heteroatoms. The molecular formula is C9H8BrN3O. The van der Waals surface area contributed by atoms with Gasteiger partial charge in [0.05, 0.1) is 6.20 Å². The highest BCUT2D eigenvalue weighted by Gasteiger charge is 2.05. The highest BCUT2D eigenvalue weighted by Crippen LogP contribution is 2.09. The number of aromatic nitrogens is 3. The van der Waals surface area contributed by atoms with Gasteiger partial charge in [0, 0.05) is 18.9 Å². The molecule has 0 N–H and O–H groups in total.